The molecule has 0 radical (unpaired) electrons. The van der Waals surface area contributed by atoms with Crippen molar-refractivity contribution in [3.8, 4) is 46.7 Å². The zero-order valence-electron chi connectivity index (χ0n) is 36.2. The van der Waals surface area contributed by atoms with Gasteiger partial charge in [0, 0.05) is 52.9 Å². The molecule has 0 saturated heterocycles. The predicted octanol–water partition coefficient (Wildman–Crippen LogP) is 9.17. The fraction of sp³-hybridized carbons (Fsp3) is 0.109. The number of benzene rings is 6. The number of amides is 1. The second-order valence-corrected chi connectivity index (χ2v) is 14.1. The molecule has 6 aromatic carbocycles. The molecule has 0 spiro atoms. The fourth-order valence-electron chi connectivity index (χ4n) is 5.78. The normalized spacial score (nSPS) is 10.0. The van der Waals surface area contributed by atoms with Gasteiger partial charge in [0.25, 0.3) is 5.91 Å². The van der Waals surface area contributed by atoms with Crippen LogP contribution in [-0.4, -0.2) is 56.2 Å². The van der Waals surface area contributed by atoms with Gasteiger partial charge >= 0.3 is 23.9 Å². The summed E-state index contributed by atoms with van der Waals surface area (Å²) in [6.45, 7) is 7.57. The van der Waals surface area contributed by atoms with E-state index in [2.05, 4.69) is 42.2 Å². The lowest BCUT2D eigenvalue weighted by Gasteiger charge is -2.13. The Morgan fingerprint density at radius 1 is 0.478 bits per heavy atom. The first-order valence-electron chi connectivity index (χ1n) is 20.9. The number of esters is 4. The molecule has 0 saturated carbocycles. The zero-order valence-corrected chi connectivity index (χ0v) is 36.2. The van der Waals surface area contributed by atoms with Crippen LogP contribution in [0, 0.1) is 23.7 Å². The van der Waals surface area contributed by atoms with E-state index in [-0.39, 0.29) is 54.6 Å². The molecular weight excluding hydrogens is 851 g/mol. The quantitative estimate of drug-likeness (QED) is 0.0289. The Morgan fingerprint density at radius 3 is 1.39 bits per heavy atom. The van der Waals surface area contributed by atoms with Gasteiger partial charge in [0.2, 0.25) is 0 Å². The van der Waals surface area contributed by atoms with E-state index >= 15 is 0 Å². The average Bonchev–Trinajstić information content (AvgIpc) is 3.36. The first-order valence-corrected chi connectivity index (χ1v) is 20.9. The van der Waals surface area contributed by atoms with Crippen molar-refractivity contribution < 1.29 is 52.4 Å². The molecule has 0 aliphatic heterocycles. The van der Waals surface area contributed by atoms with Crippen molar-refractivity contribution in [3.05, 3.63) is 210 Å². The van der Waals surface area contributed by atoms with Gasteiger partial charge in [0.15, 0.2) is 0 Å². The summed E-state index contributed by atoms with van der Waals surface area (Å²) in [5.41, 5.74) is 4.00. The van der Waals surface area contributed by atoms with Gasteiger partial charge < -0.3 is 33.7 Å². The second kappa shape index (κ2) is 24.6. The van der Waals surface area contributed by atoms with E-state index in [9.17, 15) is 24.0 Å². The first-order chi connectivity index (χ1) is 32.6. The molecule has 334 valence electrons. The summed E-state index contributed by atoms with van der Waals surface area (Å²) >= 11 is 0. The largest absolute Gasteiger partial charge is 0.493 e. The molecule has 12 nitrogen and oxygen atoms in total. The number of carbonyl (C=O) groups is 5. The molecule has 6 rings (SSSR count). The standard InChI is InChI=1S/C55H43NO11/c1-3-51(57)64-36-8-34-62-46-28-22-43(23-29-46)54(60)66-48-32-33-50(67-55(61)44-24-30-47(31-25-44)63-35-9-37-65-52(58)4-2)49(38-48)53(59)56-45-26-20-42(21-27-45)19-18-41-16-14-40(15-17-41)13-12-39-10-6-5-7-11-39/h3-7,10-11,14-17,20-33,38H,1-2,8-9,34-37H2,(H,56,59). The number of hydrogen-bond donors (Lipinski definition) is 1. The van der Waals surface area contributed by atoms with Crippen LogP contribution in [-0.2, 0) is 19.1 Å². The molecule has 0 aliphatic carbocycles. The highest BCUT2D eigenvalue weighted by atomic mass is 16.5. The van der Waals surface area contributed by atoms with Crippen LogP contribution in [0.3, 0.4) is 0 Å². The summed E-state index contributed by atoms with van der Waals surface area (Å²) in [6.07, 6.45) is 3.06. The van der Waals surface area contributed by atoms with Gasteiger partial charge in [-0.3, -0.25) is 4.79 Å². The van der Waals surface area contributed by atoms with Gasteiger partial charge in [-0.05, 0) is 127 Å². The molecule has 1 N–H and O–H groups in total. The Labute approximate surface area is 387 Å². The third-order valence-electron chi connectivity index (χ3n) is 9.23. The number of ether oxygens (including phenoxy) is 6. The molecule has 0 aliphatic rings. The summed E-state index contributed by atoms with van der Waals surface area (Å²) < 4.78 is 32.6. The van der Waals surface area contributed by atoms with E-state index in [1.165, 1.54) is 42.5 Å². The summed E-state index contributed by atoms with van der Waals surface area (Å²) in [5, 5.41) is 2.82. The van der Waals surface area contributed by atoms with Crippen molar-refractivity contribution in [2.75, 3.05) is 31.7 Å². The lowest BCUT2D eigenvalue weighted by Crippen LogP contribution is -2.17. The minimum Gasteiger partial charge on any atom is -0.493 e. The number of carbonyl (C=O) groups excluding carboxylic acids is 5. The number of anilines is 1. The van der Waals surface area contributed by atoms with E-state index in [0.717, 1.165) is 28.8 Å². The summed E-state index contributed by atoms with van der Waals surface area (Å²) in [6, 6.07) is 40.7. The highest BCUT2D eigenvalue weighted by Gasteiger charge is 2.20. The topological polar surface area (TPSA) is 153 Å². The summed E-state index contributed by atoms with van der Waals surface area (Å²) in [5.74, 6) is 10.2. The highest BCUT2D eigenvalue weighted by Crippen LogP contribution is 2.28. The zero-order chi connectivity index (χ0) is 47.2. The Kier molecular flexibility index (Phi) is 17.4. The SMILES string of the molecule is C=CC(=O)OCCCOc1ccc(C(=O)Oc2ccc(OC(=O)c3ccc(OCCCOC(=O)C=C)cc3)c(C(=O)Nc3ccc(C#Cc4ccc(C#Cc5ccccc5)cc4)cc3)c2)cc1. The summed E-state index contributed by atoms with van der Waals surface area (Å²) in [4.78, 5) is 62.9. The van der Waals surface area contributed by atoms with Crippen LogP contribution in [0.4, 0.5) is 5.69 Å². The van der Waals surface area contributed by atoms with Gasteiger partial charge in [0.05, 0.1) is 43.1 Å². The van der Waals surface area contributed by atoms with Gasteiger partial charge in [-0.1, -0.05) is 55.0 Å². The molecule has 1 amide bonds. The van der Waals surface area contributed by atoms with Gasteiger partial charge in [-0.15, -0.1) is 0 Å². The van der Waals surface area contributed by atoms with Crippen LogP contribution >= 0.6 is 0 Å². The Balaban J connectivity index is 1.12. The van der Waals surface area contributed by atoms with E-state index in [1.807, 2.05) is 54.6 Å². The van der Waals surface area contributed by atoms with Crippen molar-refractivity contribution in [2.45, 2.75) is 12.8 Å². The van der Waals surface area contributed by atoms with Crippen molar-refractivity contribution in [1.82, 2.24) is 0 Å². The van der Waals surface area contributed by atoms with Gasteiger partial charge in [0.1, 0.15) is 23.0 Å². The van der Waals surface area contributed by atoms with E-state index in [4.69, 9.17) is 28.4 Å². The molecule has 67 heavy (non-hydrogen) atoms. The molecule has 6 aromatic rings. The monoisotopic (exact) mass is 893 g/mol. The maximum absolute atomic E-state index is 13.9. The summed E-state index contributed by atoms with van der Waals surface area (Å²) in [7, 11) is 0. The number of hydrogen-bond acceptors (Lipinski definition) is 11. The second-order valence-electron chi connectivity index (χ2n) is 14.1. The van der Waals surface area contributed by atoms with Gasteiger partial charge in [-0.25, -0.2) is 19.2 Å². The highest BCUT2D eigenvalue weighted by molar-refractivity contribution is 6.07. The molecule has 0 unspecified atom stereocenters. The van der Waals surface area contributed by atoms with Crippen LogP contribution in [0.5, 0.6) is 23.0 Å². The van der Waals surface area contributed by atoms with E-state index in [0.29, 0.717) is 35.6 Å². The lowest BCUT2D eigenvalue weighted by atomic mass is 10.1. The Morgan fingerprint density at radius 2 is 0.910 bits per heavy atom. The van der Waals surface area contributed by atoms with Crippen LogP contribution in [0.2, 0.25) is 0 Å². The smallest absolute Gasteiger partial charge is 0.343 e. The Hall–Kier alpha value is -9.13. The number of nitrogens with one attached hydrogen (secondary N) is 1. The van der Waals surface area contributed by atoms with E-state index in [1.54, 1.807) is 48.5 Å². The molecular formula is C55H43NO11. The molecule has 0 heterocycles. The first kappa shape index (κ1) is 47.4. The number of rotatable bonds is 18. The van der Waals surface area contributed by atoms with Crippen molar-refractivity contribution >= 4 is 35.5 Å². The molecule has 0 atom stereocenters. The minimum absolute atomic E-state index is 0.00648. The Bertz CT molecular complexity index is 2830. The molecule has 0 fully saturated rings. The third-order valence-corrected chi connectivity index (χ3v) is 9.23. The van der Waals surface area contributed by atoms with Crippen LogP contribution in [0.15, 0.2) is 171 Å². The van der Waals surface area contributed by atoms with Crippen molar-refractivity contribution in [2.24, 2.45) is 0 Å². The maximum Gasteiger partial charge on any atom is 0.343 e. The van der Waals surface area contributed by atoms with Gasteiger partial charge in [-0.2, -0.15) is 0 Å². The van der Waals surface area contributed by atoms with Crippen molar-refractivity contribution in [3.63, 3.8) is 0 Å². The fourth-order valence-corrected chi connectivity index (χ4v) is 5.78. The lowest BCUT2D eigenvalue weighted by molar-refractivity contribution is -0.138. The minimum atomic E-state index is -0.764. The average molecular weight is 894 g/mol. The van der Waals surface area contributed by atoms with Crippen molar-refractivity contribution in [1.29, 1.82) is 0 Å². The van der Waals surface area contributed by atoms with Crippen LogP contribution in [0.1, 0.15) is 66.2 Å². The predicted molar refractivity (Wildman–Crippen MR) is 251 cm³/mol. The molecule has 0 aromatic heterocycles. The maximum atomic E-state index is 13.9. The van der Waals surface area contributed by atoms with E-state index < -0.39 is 29.8 Å². The molecule has 0 bridgehead atoms. The third kappa shape index (κ3) is 15.3. The van der Waals surface area contributed by atoms with Crippen LogP contribution < -0.4 is 24.3 Å². The molecule has 12 heteroatoms. The van der Waals surface area contributed by atoms with Crippen LogP contribution in [0.25, 0.3) is 0 Å².